The molecule has 1 N–H and O–H groups in total. The van der Waals surface area contributed by atoms with Gasteiger partial charge in [0.05, 0.1) is 5.71 Å². The van der Waals surface area contributed by atoms with Crippen LogP contribution in [0.5, 0.6) is 0 Å². The lowest BCUT2D eigenvalue weighted by Gasteiger charge is -2.29. The number of aliphatic imine (C=N–C) groups is 1. The Bertz CT molecular complexity index is 827. The number of rotatable bonds is 9. The fourth-order valence-electron chi connectivity index (χ4n) is 3.19. The molecule has 0 heterocycles. The van der Waals surface area contributed by atoms with Crippen LogP contribution in [0, 0.1) is 11.6 Å². The Kier molecular flexibility index (Phi) is 8.55. The van der Waals surface area contributed by atoms with Crippen LogP contribution in [0.15, 0.2) is 65.3 Å². The molecule has 152 valence electrons. The first-order valence-corrected chi connectivity index (χ1v) is 9.47. The van der Waals surface area contributed by atoms with Gasteiger partial charge in [0.15, 0.2) is 0 Å². The highest BCUT2D eigenvalue weighted by atomic mass is 19.1. The van der Waals surface area contributed by atoms with Crippen molar-refractivity contribution in [3.63, 3.8) is 0 Å². The predicted octanol–water partition coefficient (Wildman–Crippen LogP) is 6.62. The molecule has 0 spiro atoms. The third kappa shape index (κ3) is 6.59. The number of hydrogen-bond donors (Lipinski definition) is 1. The Morgan fingerprint density at radius 1 is 1.18 bits per heavy atom. The lowest BCUT2D eigenvalue weighted by atomic mass is 9.91. The van der Waals surface area contributed by atoms with E-state index in [1.54, 1.807) is 7.05 Å². The SMILES string of the molecule is C=C(C)/C=C\C(=NC)/C(C(=C)c1ccc(F)cc1F)=C(/C)NC(C)(C)CCC. The van der Waals surface area contributed by atoms with Crippen molar-refractivity contribution in [3.8, 4) is 0 Å². The highest BCUT2D eigenvalue weighted by molar-refractivity contribution is 6.19. The summed E-state index contributed by atoms with van der Waals surface area (Å²) in [6, 6.07) is 3.51. The van der Waals surface area contributed by atoms with Crippen LogP contribution < -0.4 is 5.32 Å². The van der Waals surface area contributed by atoms with E-state index < -0.39 is 11.6 Å². The standard InChI is InChI=1S/C24H32F2N2/c1-9-14-24(6,7)28-18(5)23(22(27-8)13-10-16(2)3)17(4)20-12-11-19(25)15-21(20)26/h10-13,15,28H,2,4,9,14H2,1,3,5-8H3/b13-10-,23-18-,27-22?. The fourth-order valence-corrected chi connectivity index (χ4v) is 3.19. The van der Waals surface area contributed by atoms with Gasteiger partial charge in [0.2, 0.25) is 0 Å². The first-order valence-electron chi connectivity index (χ1n) is 9.47. The van der Waals surface area contributed by atoms with Crippen LogP contribution in [-0.4, -0.2) is 18.3 Å². The number of hydrogen-bond acceptors (Lipinski definition) is 2. The average Bonchev–Trinajstić information content (AvgIpc) is 2.57. The van der Waals surface area contributed by atoms with E-state index in [1.807, 2.05) is 26.0 Å². The second kappa shape index (κ2) is 10.2. The zero-order valence-corrected chi connectivity index (χ0v) is 17.9. The van der Waals surface area contributed by atoms with Crippen molar-refractivity contribution in [2.75, 3.05) is 7.05 Å². The van der Waals surface area contributed by atoms with Gasteiger partial charge in [-0.15, -0.1) is 0 Å². The molecule has 1 aromatic rings. The molecule has 0 unspecified atom stereocenters. The lowest BCUT2D eigenvalue weighted by molar-refractivity contribution is 0.392. The summed E-state index contributed by atoms with van der Waals surface area (Å²) in [4.78, 5) is 4.38. The van der Waals surface area contributed by atoms with Crippen molar-refractivity contribution in [1.82, 2.24) is 5.32 Å². The molecule has 0 aliphatic heterocycles. The second-order valence-corrected chi connectivity index (χ2v) is 7.65. The summed E-state index contributed by atoms with van der Waals surface area (Å²) in [6.07, 6.45) is 5.68. The summed E-state index contributed by atoms with van der Waals surface area (Å²) in [5.74, 6) is -1.27. The summed E-state index contributed by atoms with van der Waals surface area (Å²) in [7, 11) is 1.68. The zero-order chi connectivity index (χ0) is 21.5. The molecule has 0 bridgehead atoms. The first kappa shape index (κ1) is 23.5. The second-order valence-electron chi connectivity index (χ2n) is 7.65. The van der Waals surface area contributed by atoms with Crippen LogP contribution in [0.2, 0.25) is 0 Å². The van der Waals surface area contributed by atoms with E-state index in [2.05, 4.69) is 44.2 Å². The highest BCUT2D eigenvalue weighted by Gasteiger charge is 2.21. The minimum atomic E-state index is -0.651. The number of benzene rings is 1. The van der Waals surface area contributed by atoms with Crippen LogP contribution in [0.4, 0.5) is 8.78 Å². The number of allylic oxidation sites excluding steroid dienone is 6. The molecule has 0 aliphatic rings. The van der Waals surface area contributed by atoms with Crippen molar-refractivity contribution >= 4 is 11.3 Å². The molecule has 0 saturated carbocycles. The Hall–Kier alpha value is -2.49. The van der Waals surface area contributed by atoms with Gasteiger partial charge in [0.1, 0.15) is 11.6 Å². The summed E-state index contributed by atoms with van der Waals surface area (Å²) in [5.41, 5.74) is 3.58. The monoisotopic (exact) mass is 386 g/mol. The van der Waals surface area contributed by atoms with Crippen molar-refractivity contribution in [3.05, 3.63) is 77.6 Å². The van der Waals surface area contributed by atoms with Gasteiger partial charge >= 0.3 is 0 Å². The van der Waals surface area contributed by atoms with Crippen molar-refractivity contribution in [2.24, 2.45) is 4.99 Å². The fraction of sp³-hybridized carbons (Fsp3) is 0.375. The van der Waals surface area contributed by atoms with Crippen LogP contribution in [0.1, 0.15) is 53.0 Å². The molecule has 1 rings (SSSR count). The van der Waals surface area contributed by atoms with E-state index in [1.165, 1.54) is 12.1 Å². The molecule has 0 radical (unpaired) electrons. The number of nitrogens with zero attached hydrogens (tertiary/aromatic N) is 1. The van der Waals surface area contributed by atoms with Gasteiger partial charge in [0.25, 0.3) is 0 Å². The third-order valence-electron chi connectivity index (χ3n) is 4.36. The maximum Gasteiger partial charge on any atom is 0.133 e. The molecule has 0 saturated heterocycles. The summed E-state index contributed by atoms with van der Waals surface area (Å²) in [6.45, 7) is 18.2. The Morgan fingerprint density at radius 3 is 2.32 bits per heavy atom. The van der Waals surface area contributed by atoms with Crippen LogP contribution in [-0.2, 0) is 0 Å². The van der Waals surface area contributed by atoms with Gasteiger partial charge in [-0.25, -0.2) is 8.78 Å². The van der Waals surface area contributed by atoms with E-state index in [0.29, 0.717) is 16.9 Å². The number of nitrogens with one attached hydrogen (secondary N) is 1. The van der Waals surface area contributed by atoms with Crippen LogP contribution in [0.25, 0.3) is 5.57 Å². The average molecular weight is 387 g/mol. The maximum absolute atomic E-state index is 14.4. The predicted molar refractivity (Wildman–Crippen MR) is 118 cm³/mol. The van der Waals surface area contributed by atoms with Gasteiger partial charge in [-0.05, 0) is 57.9 Å². The van der Waals surface area contributed by atoms with E-state index in [0.717, 1.165) is 30.2 Å². The summed E-state index contributed by atoms with van der Waals surface area (Å²) >= 11 is 0. The largest absolute Gasteiger partial charge is 0.383 e. The minimum Gasteiger partial charge on any atom is -0.383 e. The molecule has 0 atom stereocenters. The summed E-state index contributed by atoms with van der Waals surface area (Å²) < 4.78 is 27.8. The Balaban J connectivity index is 3.56. The van der Waals surface area contributed by atoms with Crippen LogP contribution >= 0.6 is 0 Å². The van der Waals surface area contributed by atoms with Crippen molar-refractivity contribution < 1.29 is 8.78 Å². The van der Waals surface area contributed by atoms with Gasteiger partial charge < -0.3 is 5.32 Å². The van der Waals surface area contributed by atoms with E-state index in [-0.39, 0.29) is 11.1 Å². The Morgan fingerprint density at radius 2 is 1.82 bits per heavy atom. The quantitative estimate of drug-likeness (QED) is 0.374. The first-order chi connectivity index (χ1) is 13.0. The van der Waals surface area contributed by atoms with Crippen molar-refractivity contribution in [1.29, 1.82) is 0 Å². The van der Waals surface area contributed by atoms with Gasteiger partial charge in [-0.2, -0.15) is 0 Å². The van der Waals surface area contributed by atoms with Crippen molar-refractivity contribution in [2.45, 2.75) is 53.0 Å². The molecular formula is C24H32F2N2. The molecule has 2 nitrogen and oxygen atoms in total. The molecule has 0 amide bonds. The normalized spacial score (nSPS) is 13.5. The molecule has 1 aromatic carbocycles. The van der Waals surface area contributed by atoms with E-state index in [9.17, 15) is 8.78 Å². The van der Waals surface area contributed by atoms with Crippen LogP contribution in [0.3, 0.4) is 0 Å². The molecule has 0 aromatic heterocycles. The van der Waals surface area contributed by atoms with E-state index >= 15 is 0 Å². The number of halogens is 2. The third-order valence-corrected chi connectivity index (χ3v) is 4.36. The molecule has 4 heteroatoms. The molecule has 0 fully saturated rings. The Labute approximate surface area is 168 Å². The highest BCUT2D eigenvalue weighted by Crippen LogP contribution is 2.29. The molecule has 28 heavy (non-hydrogen) atoms. The summed E-state index contributed by atoms with van der Waals surface area (Å²) in [5, 5.41) is 3.53. The zero-order valence-electron chi connectivity index (χ0n) is 17.9. The van der Waals surface area contributed by atoms with Gasteiger partial charge in [-0.1, -0.05) is 38.2 Å². The maximum atomic E-state index is 14.4. The topological polar surface area (TPSA) is 24.4 Å². The lowest BCUT2D eigenvalue weighted by Crippen LogP contribution is -2.38. The smallest absolute Gasteiger partial charge is 0.133 e. The van der Waals surface area contributed by atoms with E-state index in [4.69, 9.17) is 0 Å². The molecular weight excluding hydrogens is 354 g/mol. The minimum absolute atomic E-state index is 0.150. The van der Waals surface area contributed by atoms with Gasteiger partial charge in [0, 0.05) is 35.5 Å². The molecule has 0 aliphatic carbocycles. The van der Waals surface area contributed by atoms with Gasteiger partial charge in [-0.3, -0.25) is 4.99 Å².